The maximum Gasteiger partial charge on any atom is 0.226 e. The van der Waals surface area contributed by atoms with E-state index in [9.17, 15) is 0 Å². The topological polar surface area (TPSA) is 114 Å². The molecule has 0 amide bonds. The molecule has 3 fully saturated rings. The molecule has 2 aromatic rings. The molecule has 4 N–H and O–H groups in total. The first-order valence-corrected chi connectivity index (χ1v) is 15.1. The van der Waals surface area contributed by atoms with Crippen LogP contribution < -0.4 is 31.1 Å². The third-order valence-electron chi connectivity index (χ3n) is 8.06. The molecule has 2 aliphatic heterocycles. The summed E-state index contributed by atoms with van der Waals surface area (Å²) in [6.07, 6.45) is 9.92. The number of piperazine rings is 2. The van der Waals surface area contributed by atoms with E-state index in [0.29, 0.717) is 12.5 Å². The summed E-state index contributed by atoms with van der Waals surface area (Å²) in [5, 5.41) is 22.8. The van der Waals surface area contributed by atoms with E-state index in [0.717, 1.165) is 108 Å². The molecule has 39 heavy (non-hydrogen) atoms. The van der Waals surface area contributed by atoms with Gasteiger partial charge in [0.2, 0.25) is 5.95 Å². The van der Waals surface area contributed by atoms with E-state index in [2.05, 4.69) is 59.4 Å². The lowest BCUT2D eigenvalue weighted by atomic mass is 9.95. The molecule has 0 bridgehead atoms. The van der Waals surface area contributed by atoms with Crippen LogP contribution in [0.25, 0.3) is 0 Å². The van der Waals surface area contributed by atoms with E-state index in [-0.39, 0.29) is 0 Å². The van der Waals surface area contributed by atoms with Crippen molar-refractivity contribution in [2.24, 2.45) is 0 Å². The maximum atomic E-state index is 4.89. The zero-order valence-electron chi connectivity index (χ0n) is 23.7. The largest absolute Gasteiger partial charge is 0.354 e. The molecule has 5 rings (SSSR count). The van der Waals surface area contributed by atoms with E-state index >= 15 is 0 Å². The summed E-state index contributed by atoms with van der Waals surface area (Å²) in [6, 6.07) is 2.88. The molecule has 2 saturated heterocycles. The van der Waals surface area contributed by atoms with E-state index < -0.39 is 0 Å². The number of hydrogen-bond acceptors (Lipinski definition) is 11. The van der Waals surface area contributed by atoms with Crippen molar-refractivity contribution in [2.45, 2.75) is 57.7 Å². The molecule has 0 atom stereocenters. The zero-order chi connectivity index (χ0) is 26.7. The third-order valence-corrected chi connectivity index (χ3v) is 8.06. The SMILES string of the molecule is CN1CCN(c2cc(N3CCNCC3)nc(NCc3cn(CCCNCCNC4CCCCC4)nn3)n2)CC1. The predicted molar refractivity (Wildman–Crippen MR) is 157 cm³/mol. The molecule has 0 unspecified atom stereocenters. The Labute approximate surface area is 233 Å². The molecule has 1 aliphatic carbocycles. The highest BCUT2D eigenvalue weighted by atomic mass is 15.4. The van der Waals surface area contributed by atoms with Crippen molar-refractivity contribution in [1.82, 2.24) is 45.8 Å². The molecule has 2 aromatic heterocycles. The monoisotopic (exact) mass is 540 g/mol. The minimum Gasteiger partial charge on any atom is -0.354 e. The molecule has 4 heterocycles. The Balaban J connectivity index is 1.07. The maximum absolute atomic E-state index is 4.89. The number of rotatable bonds is 13. The quantitative estimate of drug-likeness (QED) is 0.270. The second-order valence-electron chi connectivity index (χ2n) is 11.2. The van der Waals surface area contributed by atoms with Gasteiger partial charge in [0, 0.05) is 84.1 Å². The molecular weight excluding hydrogens is 492 g/mol. The van der Waals surface area contributed by atoms with E-state index in [1.54, 1.807) is 0 Å². The molecule has 216 valence electrons. The van der Waals surface area contributed by atoms with Gasteiger partial charge in [-0.1, -0.05) is 24.5 Å². The lowest BCUT2D eigenvalue weighted by molar-refractivity contribution is 0.312. The van der Waals surface area contributed by atoms with Gasteiger partial charge in [-0.25, -0.2) is 0 Å². The number of anilines is 3. The van der Waals surface area contributed by atoms with Gasteiger partial charge >= 0.3 is 0 Å². The summed E-state index contributed by atoms with van der Waals surface area (Å²) in [5.41, 5.74) is 0.900. The van der Waals surface area contributed by atoms with Crippen LogP contribution in [-0.4, -0.2) is 115 Å². The van der Waals surface area contributed by atoms with Crippen LogP contribution in [0.4, 0.5) is 17.6 Å². The minimum absolute atomic E-state index is 0.554. The van der Waals surface area contributed by atoms with Crippen molar-refractivity contribution in [2.75, 3.05) is 94.2 Å². The molecule has 0 radical (unpaired) electrons. The van der Waals surface area contributed by atoms with Gasteiger partial charge in [-0.05, 0) is 32.9 Å². The summed E-state index contributed by atoms with van der Waals surface area (Å²) in [5.74, 6) is 2.65. The second-order valence-corrected chi connectivity index (χ2v) is 11.2. The Bertz CT molecular complexity index is 977. The molecule has 0 aromatic carbocycles. The Kier molecular flexibility index (Phi) is 10.6. The summed E-state index contributed by atoms with van der Waals surface area (Å²) < 4.78 is 1.94. The van der Waals surface area contributed by atoms with Crippen molar-refractivity contribution in [3.63, 3.8) is 0 Å². The van der Waals surface area contributed by atoms with Gasteiger partial charge in [0.15, 0.2) is 0 Å². The average Bonchev–Trinajstić information content (AvgIpc) is 3.44. The van der Waals surface area contributed by atoms with E-state index in [1.807, 2.05) is 10.9 Å². The Hall–Kier alpha value is -2.54. The zero-order valence-corrected chi connectivity index (χ0v) is 23.7. The first-order valence-electron chi connectivity index (χ1n) is 15.1. The molecule has 12 heteroatoms. The van der Waals surface area contributed by atoms with Gasteiger partial charge in [-0.15, -0.1) is 5.10 Å². The van der Waals surface area contributed by atoms with Gasteiger partial charge in [-0.2, -0.15) is 9.97 Å². The van der Waals surface area contributed by atoms with Crippen LogP contribution >= 0.6 is 0 Å². The fourth-order valence-corrected chi connectivity index (χ4v) is 5.62. The molecule has 1 saturated carbocycles. The second kappa shape index (κ2) is 14.7. The van der Waals surface area contributed by atoms with Crippen LogP contribution in [0.2, 0.25) is 0 Å². The Morgan fingerprint density at radius 2 is 1.64 bits per heavy atom. The van der Waals surface area contributed by atoms with Crippen LogP contribution in [-0.2, 0) is 13.1 Å². The van der Waals surface area contributed by atoms with Crippen LogP contribution in [0.5, 0.6) is 0 Å². The molecule has 3 aliphatic rings. The minimum atomic E-state index is 0.554. The standard InChI is InChI=1S/C27H48N12/c1-36-16-18-38(19-17-36)26-20-25(37-14-11-29-12-15-37)32-27(33-26)31-21-24-22-39(35-34-24)13-5-8-28-9-10-30-23-6-3-2-4-7-23/h20,22-23,28-30H,2-19,21H2,1H3,(H,31,32,33). The highest BCUT2D eigenvalue weighted by Gasteiger charge is 2.20. The van der Waals surface area contributed by atoms with Crippen molar-refractivity contribution in [3.8, 4) is 0 Å². The van der Waals surface area contributed by atoms with Gasteiger partial charge in [-0.3, -0.25) is 4.68 Å². The van der Waals surface area contributed by atoms with Crippen molar-refractivity contribution in [1.29, 1.82) is 0 Å². The van der Waals surface area contributed by atoms with Crippen LogP contribution in [0.15, 0.2) is 12.3 Å². The predicted octanol–water partition coefficient (Wildman–Crippen LogP) is 0.744. The first kappa shape index (κ1) is 28.0. The van der Waals surface area contributed by atoms with Gasteiger partial charge in [0.05, 0.1) is 12.7 Å². The van der Waals surface area contributed by atoms with E-state index in [1.165, 1.54) is 32.1 Å². The summed E-state index contributed by atoms with van der Waals surface area (Å²) in [6.45, 7) is 12.4. The highest BCUT2D eigenvalue weighted by Crippen LogP contribution is 2.23. The average molecular weight is 541 g/mol. The molecule has 12 nitrogen and oxygen atoms in total. The highest BCUT2D eigenvalue weighted by molar-refractivity contribution is 5.55. The van der Waals surface area contributed by atoms with Crippen molar-refractivity contribution < 1.29 is 0 Å². The number of aromatic nitrogens is 5. The summed E-state index contributed by atoms with van der Waals surface area (Å²) >= 11 is 0. The summed E-state index contributed by atoms with van der Waals surface area (Å²) in [7, 11) is 2.18. The van der Waals surface area contributed by atoms with Gasteiger partial charge in [0.25, 0.3) is 0 Å². The summed E-state index contributed by atoms with van der Waals surface area (Å²) in [4.78, 5) is 16.8. The van der Waals surface area contributed by atoms with Crippen molar-refractivity contribution in [3.05, 3.63) is 18.0 Å². The number of likely N-dealkylation sites (N-methyl/N-ethyl adjacent to an activating group) is 1. The third kappa shape index (κ3) is 8.72. The number of hydrogen-bond donors (Lipinski definition) is 4. The van der Waals surface area contributed by atoms with Crippen LogP contribution in [0.1, 0.15) is 44.2 Å². The van der Waals surface area contributed by atoms with Crippen LogP contribution in [0.3, 0.4) is 0 Å². The number of aryl methyl sites for hydroxylation is 1. The fourth-order valence-electron chi connectivity index (χ4n) is 5.62. The van der Waals surface area contributed by atoms with E-state index in [4.69, 9.17) is 9.97 Å². The fraction of sp³-hybridized carbons (Fsp3) is 0.778. The lowest BCUT2D eigenvalue weighted by Gasteiger charge is -2.34. The number of nitrogens with one attached hydrogen (secondary N) is 4. The smallest absolute Gasteiger partial charge is 0.226 e. The Morgan fingerprint density at radius 3 is 2.41 bits per heavy atom. The van der Waals surface area contributed by atoms with Gasteiger partial charge < -0.3 is 36.0 Å². The normalized spacial score (nSPS) is 19.5. The number of nitrogens with zero attached hydrogens (tertiary/aromatic N) is 8. The Morgan fingerprint density at radius 1 is 0.897 bits per heavy atom. The van der Waals surface area contributed by atoms with Crippen molar-refractivity contribution >= 4 is 17.6 Å². The molecular formula is C27H48N12. The molecule has 0 spiro atoms. The lowest BCUT2D eigenvalue weighted by Crippen LogP contribution is -2.45. The first-order chi connectivity index (χ1) is 19.2. The van der Waals surface area contributed by atoms with Crippen LogP contribution in [0, 0.1) is 0 Å². The van der Waals surface area contributed by atoms with Gasteiger partial charge in [0.1, 0.15) is 17.3 Å².